The Morgan fingerprint density at radius 3 is 2.72 bits per heavy atom. The number of nitrogens with one attached hydrogen (secondary N) is 1. The predicted octanol–water partition coefficient (Wildman–Crippen LogP) is 3.91. The molecule has 0 saturated heterocycles. The summed E-state index contributed by atoms with van der Waals surface area (Å²) in [7, 11) is 0. The fourth-order valence-electron chi connectivity index (χ4n) is 3.73. The maximum Gasteiger partial charge on any atom is 0.255 e. The summed E-state index contributed by atoms with van der Waals surface area (Å²) in [6, 6.07) is 11.6. The van der Waals surface area contributed by atoms with Gasteiger partial charge in [0, 0.05) is 6.54 Å². The molecule has 1 fully saturated rings. The molecular weight excluding hydrogens is 314 g/mol. The number of carbonyl (C=O) groups excluding carboxylic acids is 1. The zero-order valence-electron chi connectivity index (χ0n) is 14.8. The number of amides is 1. The molecule has 1 aliphatic carbocycles. The van der Waals surface area contributed by atoms with Crippen molar-refractivity contribution in [2.45, 2.75) is 45.1 Å². The molecule has 1 atom stereocenters. The number of hydrogen-bond donors (Lipinski definition) is 2. The van der Waals surface area contributed by atoms with Crippen molar-refractivity contribution < 1.29 is 14.6 Å². The Morgan fingerprint density at radius 1 is 1.20 bits per heavy atom. The van der Waals surface area contributed by atoms with Crippen molar-refractivity contribution in [3.63, 3.8) is 0 Å². The van der Waals surface area contributed by atoms with Crippen molar-refractivity contribution in [1.29, 1.82) is 0 Å². The highest BCUT2D eigenvalue weighted by molar-refractivity contribution is 6.09. The second-order valence-corrected chi connectivity index (χ2v) is 6.77. The van der Waals surface area contributed by atoms with Crippen LogP contribution in [-0.4, -0.2) is 30.3 Å². The fourth-order valence-corrected chi connectivity index (χ4v) is 3.73. The molecule has 0 aliphatic heterocycles. The van der Waals surface area contributed by atoms with Gasteiger partial charge in [-0.25, -0.2) is 0 Å². The summed E-state index contributed by atoms with van der Waals surface area (Å²) < 4.78 is 5.67. The van der Waals surface area contributed by atoms with Crippen LogP contribution in [0.4, 0.5) is 0 Å². The van der Waals surface area contributed by atoms with Gasteiger partial charge in [0.25, 0.3) is 5.91 Å². The average molecular weight is 341 g/mol. The van der Waals surface area contributed by atoms with Crippen LogP contribution in [0.3, 0.4) is 0 Å². The zero-order valence-corrected chi connectivity index (χ0v) is 14.8. The predicted molar refractivity (Wildman–Crippen MR) is 100 cm³/mol. The van der Waals surface area contributed by atoms with Crippen molar-refractivity contribution >= 4 is 16.7 Å². The molecule has 0 bridgehead atoms. The minimum atomic E-state index is -0.477. The lowest BCUT2D eigenvalue weighted by Crippen LogP contribution is -2.37. The summed E-state index contributed by atoms with van der Waals surface area (Å²) in [5, 5.41) is 15.2. The fraction of sp³-hybridized carbons (Fsp3) is 0.476. The number of benzene rings is 2. The molecule has 4 nitrogen and oxygen atoms in total. The zero-order chi connectivity index (χ0) is 17.6. The summed E-state index contributed by atoms with van der Waals surface area (Å²) in [5.74, 6) is 0.703. The number of ether oxygens (including phenoxy) is 1. The lowest BCUT2D eigenvalue weighted by Gasteiger charge is -2.26. The van der Waals surface area contributed by atoms with Gasteiger partial charge in [-0.15, -0.1) is 0 Å². The average Bonchev–Trinajstić information content (AvgIpc) is 2.66. The molecule has 0 spiro atoms. The molecule has 2 N–H and O–H groups in total. The van der Waals surface area contributed by atoms with Crippen LogP contribution in [0, 0.1) is 5.92 Å². The van der Waals surface area contributed by atoms with Gasteiger partial charge in [-0.2, -0.15) is 0 Å². The van der Waals surface area contributed by atoms with Crippen LogP contribution in [0.1, 0.15) is 49.4 Å². The topological polar surface area (TPSA) is 58.6 Å². The van der Waals surface area contributed by atoms with Gasteiger partial charge in [-0.1, -0.05) is 49.6 Å². The highest BCUT2D eigenvalue weighted by Gasteiger charge is 2.23. The first-order valence-corrected chi connectivity index (χ1v) is 9.31. The van der Waals surface area contributed by atoms with Gasteiger partial charge in [0.15, 0.2) is 0 Å². The lowest BCUT2D eigenvalue weighted by atomic mass is 9.85. The Bertz CT molecular complexity index is 722. The molecule has 2 aromatic rings. The Hall–Kier alpha value is -2.07. The van der Waals surface area contributed by atoms with Gasteiger partial charge in [0.1, 0.15) is 5.75 Å². The van der Waals surface area contributed by atoms with E-state index in [0.29, 0.717) is 23.8 Å². The molecule has 0 heterocycles. The normalized spacial score (nSPS) is 16.6. The second-order valence-electron chi connectivity index (χ2n) is 6.77. The van der Waals surface area contributed by atoms with E-state index >= 15 is 0 Å². The third kappa shape index (κ3) is 4.13. The van der Waals surface area contributed by atoms with Gasteiger partial charge in [-0.05, 0) is 42.5 Å². The van der Waals surface area contributed by atoms with E-state index in [-0.39, 0.29) is 12.5 Å². The lowest BCUT2D eigenvalue weighted by molar-refractivity contribution is 0.0737. The second kappa shape index (κ2) is 8.34. The SMILES string of the molecule is CCOc1ccc2ccccc2c1C(=O)NC[C@@H](O)C1CCCCC1. The standard InChI is InChI=1S/C21H27NO3/c1-2-25-19-13-12-15-8-6-7-11-17(15)20(19)21(24)22-14-18(23)16-9-4-3-5-10-16/h6-8,11-13,16,18,23H,2-5,9-10,14H2,1H3,(H,22,24)/t18-/m1/s1. The highest BCUT2D eigenvalue weighted by Crippen LogP contribution is 2.29. The maximum atomic E-state index is 12.8. The number of hydrogen-bond acceptors (Lipinski definition) is 3. The molecule has 1 aliphatic rings. The van der Waals surface area contributed by atoms with E-state index < -0.39 is 6.10 Å². The van der Waals surface area contributed by atoms with Crippen LogP contribution in [0.2, 0.25) is 0 Å². The van der Waals surface area contributed by atoms with E-state index in [9.17, 15) is 9.90 Å². The first-order chi connectivity index (χ1) is 12.2. The summed E-state index contributed by atoms with van der Waals surface area (Å²) in [4.78, 5) is 12.8. The van der Waals surface area contributed by atoms with E-state index in [4.69, 9.17) is 4.74 Å². The first kappa shape index (κ1) is 17.7. The largest absolute Gasteiger partial charge is 0.493 e. The van der Waals surface area contributed by atoms with E-state index in [1.165, 1.54) is 19.3 Å². The molecule has 25 heavy (non-hydrogen) atoms. The number of carbonyl (C=O) groups is 1. The number of fused-ring (bicyclic) bond motifs is 1. The van der Waals surface area contributed by atoms with Gasteiger partial charge < -0.3 is 15.2 Å². The molecule has 0 unspecified atom stereocenters. The molecule has 4 heteroatoms. The Kier molecular flexibility index (Phi) is 5.92. The third-order valence-electron chi connectivity index (χ3n) is 5.08. The third-order valence-corrected chi connectivity index (χ3v) is 5.08. The summed E-state index contributed by atoms with van der Waals surface area (Å²) >= 11 is 0. The van der Waals surface area contributed by atoms with Crippen molar-refractivity contribution in [3.05, 3.63) is 42.0 Å². The molecular formula is C21H27NO3. The molecule has 134 valence electrons. The van der Waals surface area contributed by atoms with Crippen LogP contribution in [0.15, 0.2) is 36.4 Å². The molecule has 0 aromatic heterocycles. The van der Waals surface area contributed by atoms with E-state index in [0.717, 1.165) is 23.6 Å². The number of rotatable bonds is 6. The summed E-state index contributed by atoms with van der Waals surface area (Å²) in [6.45, 7) is 2.70. The molecule has 1 saturated carbocycles. The minimum absolute atomic E-state index is 0.185. The van der Waals surface area contributed by atoms with Gasteiger partial charge in [-0.3, -0.25) is 4.79 Å². The molecule has 3 rings (SSSR count). The molecule has 0 radical (unpaired) electrons. The number of aliphatic hydroxyl groups is 1. The van der Waals surface area contributed by atoms with Crippen LogP contribution in [0.5, 0.6) is 5.75 Å². The highest BCUT2D eigenvalue weighted by atomic mass is 16.5. The van der Waals surface area contributed by atoms with Crippen molar-refractivity contribution in [3.8, 4) is 5.75 Å². The van der Waals surface area contributed by atoms with Crippen LogP contribution in [0.25, 0.3) is 10.8 Å². The van der Waals surface area contributed by atoms with E-state index in [2.05, 4.69) is 5.32 Å². The van der Waals surface area contributed by atoms with Crippen molar-refractivity contribution in [1.82, 2.24) is 5.32 Å². The van der Waals surface area contributed by atoms with Crippen molar-refractivity contribution in [2.75, 3.05) is 13.2 Å². The Labute approximate surface area is 149 Å². The Balaban J connectivity index is 1.77. The van der Waals surface area contributed by atoms with E-state index in [1.54, 1.807) is 0 Å². The number of aliphatic hydroxyl groups excluding tert-OH is 1. The Morgan fingerprint density at radius 2 is 1.96 bits per heavy atom. The minimum Gasteiger partial charge on any atom is -0.493 e. The quantitative estimate of drug-likeness (QED) is 0.837. The van der Waals surface area contributed by atoms with Gasteiger partial charge >= 0.3 is 0 Å². The maximum absolute atomic E-state index is 12.8. The molecule has 1 amide bonds. The van der Waals surface area contributed by atoms with Crippen LogP contribution < -0.4 is 10.1 Å². The van der Waals surface area contributed by atoms with Gasteiger partial charge in [0.2, 0.25) is 0 Å². The van der Waals surface area contributed by atoms with Gasteiger partial charge in [0.05, 0.1) is 18.3 Å². The van der Waals surface area contributed by atoms with E-state index in [1.807, 2.05) is 43.3 Å². The molecule has 2 aromatic carbocycles. The summed E-state index contributed by atoms with van der Waals surface area (Å²) in [6.07, 6.45) is 5.23. The van der Waals surface area contributed by atoms with Crippen LogP contribution >= 0.6 is 0 Å². The monoisotopic (exact) mass is 341 g/mol. The smallest absolute Gasteiger partial charge is 0.255 e. The first-order valence-electron chi connectivity index (χ1n) is 9.31. The van der Waals surface area contributed by atoms with Crippen molar-refractivity contribution in [2.24, 2.45) is 5.92 Å². The summed E-state index contributed by atoms with van der Waals surface area (Å²) in [5.41, 5.74) is 0.552. The van der Waals surface area contributed by atoms with Crippen LogP contribution in [-0.2, 0) is 0 Å².